The molecular formula is C23H24N6O2. The summed E-state index contributed by atoms with van der Waals surface area (Å²) in [5, 5.41) is 27.4. The number of nitrogens with two attached hydrogens (primary N) is 1. The number of nitriles is 2. The summed E-state index contributed by atoms with van der Waals surface area (Å²) in [5.41, 5.74) is 10.00. The summed E-state index contributed by atoms with van der Waals surface area (Å²) in [6, 6.07) is 10.6. The summed E-state index contributed by atoms with van der Waals surface area (Å²) in [6.45, 7) is 4.75. The van der Waals surface area contributed by atoms with E-state index in [0.717, 1.165) is 54.9 Å². The Balaban J connectivity index is 1.80. The van der Waals surface area contributed by atoms with Gasteiger partial charge in [0.1, 0.15) is 11.6 Å². The fourth-order valence-corrected chi connectivity index (χ4v) is 5.24. The zero-order chi connectivity index (χ0) is 21.6. The van der Waals surface area contributed by atoms with Crippen molar-refractivity contribution in [2.75, 3.05) is 31.2 Å². The molecule has 5 rings (SSSR count). The van der Waals surface area contributed by atoms with Crippen molar-refractivity contribution in [2.24, 2.45) is 11.7 Å². The van der Waals surface area contributed by atoms with Crippen LogP contribution >= 0.6 is 0 Å². The number of ether oxygens (including phenoxy) is 2. The largest absolute Gasteiger partial charge is 0.420 e. The maximum absolute atomic E-state index is 10.2. The van der Waals surface area contributed by atoms with E-state index >= 15 is 0 Å². The molecule has 1 aromatic carbocycles. The van der Waals surface area contributed by atoms with Gasteiger partial charge in [0.2, 0.25) is 11.8 Å². The van der Waals surface area contributed by atoms with E-state index in [1.54, 1.807) is 0 Å². The van der Waals surface area contributed by atoms with Gasteiger partial charge in [0, 0.05) is 24.5 Å². The molecule has 3 N–H and O–H groups in total. The second-order valence-electron chi connectivity index (χ2n) is 8.40. The van der Waals surface area contributed by atoms with Crippen molar-refractivity contribution in [2.45, 2.75) is 31.6 Å². The monoisotopic (exact) mass is 416 g/mol. The van der Waals surface area contributed by atoms with Gasteiger partial charge in [-0.05, 0) is 49.4 Å². The predicted octanol–water partition coefficient (Wildman–Crippen LogP) is 2.60. The summed E-state index contributed by atoms with van der Waals surface area (Å²) < 4.78 is 11.3. The number of aromatic nitrogens is 2. The van der Waals surface area contributed by atoms with Crippen LogP contribution in [-0.4, -0.2) is 36.5 Å². The molecule has 1 atom stereocenters. The molecule has 0 amide bonds. The van der Waals surface area contributed by atoms with E-state index in [9.17, 15) is 10.5 Å². The van der Waals surface area contributed by atoms with E-state index < -0.39 is 5.41 Å². The number of hydrogen-bond acceptors (Lipinski definition) is 7. The zero-order valence-electron chi connectivity index (χ0n) is 17.4. The van der Waals surface area contributed by atoms with Crippen LogP contribution < -0.4 is 15.4 Å². The first-order chi connectivity index (χ1) is 15.1. The summed E-state index contributed by atoms with van der Waals surface area (Å²) in [4.78, 5) is 2.23. The number of morpholine rings is 1. The molecule has 8 heteroatoms. The van der Waals surface area contributed by atoms with Crippen LogP contribution in [0.2, 0.25) is 0 Å². The molecule has 2 aromatic rings. The Hall–Kier alpha value is -3.49. The molecule has 3 aliphatic rings. The first-order valence-corrected chi connectivity index (χ1v) is 10.6. The van der Waals surface area contributed by atoms with Crippen molar-refractivity contribution in [1.29, 1.82) is 10.5 Å². The Morgan fingerprint density at radius 2 is 1.97 bits per heavy atom. The molecule has 158 valence electrons. The molecule has 2 aliphatic heterocycles. The Bertz CT molecular complexity index is 1140. The Kier molecular flexibility index (Phi) is 4.60. The fraction of sp³-hybridized carbons (Fsp3) is 0.435. The summed E-state index contributed by atoms with van der Waals surface area (Å²) in [5.74, 6) is 0.672. The molecule has 1 aliphatic carbocycles. The molecule has 1 saturated carbocycles. The van der Waals surface area contributed by atoms with Gasteiger partial charge < -0.3 is 20.1 Å². The smallest absolute Gasteiger partial charge is 0.244 e. The molecule has 8 nitrogen and oxygen atoms in total. The molecule has 0 radical (unpaired) electrons. The van der Waals surface area contributed by atoms with Gasteiger partial charge in [-0.1, -0.05) is 6.42 Å². The van der Waals surface area contributed by atoms with Gasteiger partial charge in [0.25, 0.3) is 0 Å². The van der Waals surface area contributed by atoms with Crippen molar-refractivity contribution in [3.63, 3.8) is 0 Å². The third kappa shape index (κ3) is 2.79. The number of nitrogens with zero attached hydrogens (tertiary/aromatic N) is 4. The van der Waals surface area contributed by atoms with Crippen LogP contribution in [0.3, 0.4) is 0 Å². The maximum atomic E-state index is 10.2. The minimum absolute atomic E-state index is 0.0867. The van der Waals surface area contributed by atoms with E-state index in [0.29, 0.717) is 30.2 Å². The van der Waals surface area contributed by atoms with E-state index in [4.69, 9.17) is 15.2 Å². The highest BCUT2D eigenvalue weighted by molar-refractivity contribution is 5.66. The van der Waals surface area contributed by atoms with E-state index in [-0.39, 0.29) is 11.8 Å². The van der Waals surface area contributed by atoms with Crippen LogP contribution in [0.1, 0.15) is 41.6 Å². The molecular weight excluding hydrogens is 392 g/mol. The summed E-state index contributed by atoms with van der Waals surface area (Å²) in [7, 11) is 0. The lowest BCUT2D eigenvalue weighted by Crippen LogP contribution is -2.46. The van der Waals surface area contributed by atoms with Gasteiger partial charge in [0.05, 0.1) is 35.8 Å². The van der Waals surface area contributed by atoms with E-state index in [1.807, 2.05) is 19.1 Å². The van der Waals surface area contributed by atoms with Crippen LogP contribution in [0.25, 0.3) is 0 Å². The van der Waals surface area contributed by atoms with Crippen LogP contribution in [0.5, 0.6) is 5.88 Å². The second kappa shape index (κ2) is 7.33. The molecule has 3 heterocycles. The van der Waals surface area contributed by atoms with Crippen LogP contribution in [0, 0.1) is 35.5 Å². The van der Waals surface area contributed by atoms with Gasteiger partial charge in [-0.2, -0.15) is 10.5 Å². The Labute approximate surface area is 180 Å². The van der Waals surface area contributed by atoms with Crippen molar-refractivity contribution in [3.05, 3.63) is 52.0 Å². The minimum atomic E-state index is -0.796. The van der Waals surface area contributed by atoms with E-state index in [2.05, 4.69) is 33.3 Å². The average molecular weight is 416 g/mol. The molecule has 1 unspecified atom stereocenters. The van der Waals surface area contributed by atoms with E-state index in [1.165, 1.54) is 0 Å². The Morgan fingerprint density at radius 3 is 2.61 bits per heavy atom. The molecule has 1 saturated heterocycles. The maximum Gasteiger partial charge on any atom is 0.244 e. The highest BCUT2D eigenvalue weighted by atomic mass is 16.5. The van der Waals surface area contributed by atoms with Crippen LogP contribution in [0.15, 0.2) is 29.7 Å². The number of H-pyrrole nitrogens is 1. The van der Waals surface area contributed by atoms with Gasteiger partial charge in [-0.25, -0.2) is 0 Å². The number of rotatable bonds is 3. The van der Waals surface area contributed by atoms with Gasteiger partial charge >= 0.3 is 0 Å². The number of aromatic amines is 1. The molecule has 0 spiro atoms. The zero-order valence-corrected chi connectivity index (χ0v) is 17.4. The number of fused-ring (bicyclic) bond motifs is 1. The normalized spacial score (nSPS) is 23.4. The lowest BCUT2D eigenvalue weighted by Gasteiger charge is -2.47. The van der Waals surface area contributed by atoms with Gasteiger partial charge in [0.15, 0.2) is 0 Å². The average Bonchev–Trinajstić information content (AvgIpc) is 3.13. The molecule has 1 aromatic heterocycles. The minimum Gasteiger partial charge on any atom is -0.420 e. The van der Waals surface area contributed by atoms with Gasteiger partial charge in [-0.15, -0.1) is 5.10 Å². The number of aryl methyl sites for hydroxylation is 1. The number of hydrogen-bond donors (Lipinski definition) is 2. The lowest BCUT2D eigenvalue weighted by atomic mass is 9.55. The quantitative estimate of drug-likeness (QED) is 0.788. The number of anilines is 1. The first-order valence-electron chi connectivity index (χ1n) is 10.6. The van der Waals surface area contributed by atoms with Crippen molar-refractivity contribution < 1.29 is 9.47 Å². The highest BCUT2D eigenvalue weighted by Crippen LogP contribution is 2.58. The second-order valence-corrected chi connectivity index (χ2v) is 8.40. The molecule has 31 heavy (non-hydrogen) atoms. The van der Waals surface area contributed by atoms with Crippen LogP contribution in [-0.2, 0) is 10.2 Å². The third-order valence-corrected chi connectivity index (χ3v) is 6.86. The lowest BCUT2D eigenvalue weighted by molar-refractivity contribution is 0.122. The third-order valence-electron chi connectivity index (χ3n) is 6.86. The Morgan fingerprint density at radius 1 is 1.19 bits per heavy atom. The highest BCUT2D eigenvalue weighted by Gasteiger charge is 2.55. The van der Waals surface area contributed by atoms with Crippen molar-refractivity contribution in [3.8, 4) is 18.0 Å². The molecule has 0 bridgehead atoms. The van der Waals surface area contributed by atoms with Crippen molar-refractivity contribution in [1.82, 2.24) is 10.2 Å². The summed E-state index contributed by atoms with van der Waals surface area (Å²) in [6.07, 6.45) is 3.02. The SMILES string of the molecule is Cc1[nH]nc2c1C(c1cc(C#N)cc(N3CCOCC3)c1)(C1CCC1)C(C#N)=C(N)O2. The number of allylic oxidation sites excluding steroid dienone is 1. The van der Waals surface area contributed by atoms with Gasteiger partial charge in [-0.3, -0.25) is 5.10 Å². The first kappa shape index (κ1) is 19.5. The predicted molar refractivity (Wildman–Crippen MR) is 113 cm³/mol. The number of nitrogens with one attached hydrogen (secondary N) is 1. The van der Waals surface area contributed by atoms with Crippen LogP contribution in [0.4, 0.5) is 5.69 Å². The fourth-order valence-electron chi connectivity index (χ4n) is 5.24. The number of benzene rings is 1. The standard InChI is InChI=1S/C23H24N6O2/c1-14-20-22(28-27-14)31-21(26)19(13-25)23(20,16-3-2-4-16)17-9-15(12-24)10-18(11-17)29-5-7-30-8-6-29/h9-11,16H,2-8,26H2,1H3,(H,27,28). The molecule has 2 fully saturated rings. The topological polar surface area (TPSA) is 124 Å². The van der Waals surface area contributed by atoms with Crippen molar-refractivity contribution >= 4 is 5.69 Å². The summed E-state index contributed by atoms with van der Waals surface area (Å²) >= 11 is 0.